The largest absolute Gasteiger partial charge is 0.506 e. The molecule has 2 fully saturated rings. The number of aromatic amines is 1. The van der Waals surface area contributed by atoms with Crippen molar-refractivity contribution in [1.29, 1.82) is 0 Å². The van der Waals surface area contributed by atoms with Gasteiger partial charge in [0.1, 0.15) is 11.4 Å². The highest BCUT2D eigenvalue weighted by molar-refractivity contribution is 6.51. The van der Waals surface area contributed by atoms with E-state index >= 15 is 0 Å². The maximum Gasteiger partial charge on any atom is 0.275 e. The molecule has 4 aliphatic rings. The lowest BCUT2D eigenvalue weighted by molar-refractivity contribution is -0.109. The number of anilines is 1. The molecular formula is C44H60N4O3. The first-order valence-electron chi connectivity index (χ1n) is 20.4. The Hall–Kier alpha value is -3.61. The molecule has 2 aromatic carbocycles. The van der Waals surface area contributed by atoms with E-state index in [1.54, 1.807) is 0 Å². The number of ketones is 1. The van der Waals surface area contributed by atoms with Crippen LogP contribution in [-0.2, 0) is 10.2 Å². The molecule has 7 rings (SSSR count). The molecular weight excluding hydrogens is 633 g/mol. The van der Waals surface area contributed by atoms with E-state index in [-0.39, 0.29) is 34.3 Å². The third-order valence-corrected chi connectivity index (χ3v) is 12.5. The SMILES string of the molecule is CCCCCC1(CCCCC)N=c2/c(=C3\C(=O)C(c4c(C(C)(C)C)[nH]n(C(C5CCCCC5)C5CCCC5)c4=O)=C3O)ccc3cccc(c23)N1. The van der Waals surface area contributed by atoms with E-state index in [0.29, 0.717) is 22.6 Å². The second-order valence-electron chi connectivity index (χ2n) is 17.2. The number of unbranched alkanes of at least 4 members (excludes halogenated alkanes) is 4. The lowest BCUT2D eigenvalue weighted by atomic mass is 9.77. The topological polar surface area (TPSA) is 99.5 Å². The maximum atomic E-state index is 14.7. The molecule has 3 aliphatic carbocycles. The van der Waals surface area contributed by atoms with Gasteiger partial charge < -0.3 is 10.4 Å². The van der Waals surface area contributed by atoms with Gasteiger partial charge in [0.15, 0.2) is 0 Å². The lowest BCUT2D eigenvalue weighted by Gasteiger charge is -2.36. The van der Waals surface area contributed by atoms with Crippen LogP contribution in [0.4, 0.5) is 5.69 Å². The molecule has 274 valence electrons. The highest BCUT2D eigenvalue weighted by atomic mass is 16.3. The number of rotatable bonds is 12. The Bertz CT molecular complexity index is 1990. The highest BCUT2D eigenvalue weighted by Gasteiger charge is 2.44. The number of aromatic nitrogens is 2. The van der Waals surface area contributed by atoms with Crippen molar-refractivity contribution in [3.63, 3.8) is 0 Å². The van der Waals surface area contributed by atoms with Crippen LogP contribution >= 0.6 is 0 Å². The fourth-order valence-corrected chi connectivity index (χ4v) is 9.88. The third kappa shape index (κ3) is 6.52. The fraction of sp³-hybridized carbons (Fsp3) is 0.614. The average molecular weight is 693 g/mol. The molecule has 1 unspecified atom stereocenters. The minimum atomic E-state index is -0.473. The summed E-state index contributed by atoms with van der Waals surface area (Å²) in [5, 5.41) is 23.0. The van der Waals surface area contributed by atoms with Gasteiger partial charge in [0, 0.05) is 21.7 Å². The zero-order chi connectivity index (χ0) is 35.9. The fourth-order valence-electron chi connectivity index (χ4n) is 9.88. The van der Waals surface area contributed by atoms with Gasteiger partial charge in [-0.2, -0.15) is 0 Å². The van der Waals surface area contributed by atoms with Gasteiger partial charge in [0.2, 0.25) is 5.78 Å². The predicted octanol–water partition coefficient (Wildman–Crippen LogP) is 9.54. The first-order valence-corrected chi connectivity index (χ1v) is 20.4. The summed E-state index contributed by atoms with van der Waals surface area (Å²) >= 11 is 0. The number of hydrogen-bond donors (Lipinski definition) is 3. The van der Waals surface area contributed by atoms with E-state index in [2.05, 4.69) is 63.2 Å². The van der Waals surface area contributed by atoms with Gasteiger partial charge in [0.25, 0.3) is 5.56 Å². The summed E-state index contributed by atoms with van der Waals surface area (Å²) in [6, 6.07) is 10.4. The monoisotopic (exact) mass is 692 g/mol. The van der Waals surface area contributed by atoms with Crippen molar-refractivity contribution in [2.45, 2.75) is 161 Å². The van der Waals surface area contributed by atoms with Crippen LogP contribution in [0.3, 0.4) is 0 Å². The van der Waals surface area contributed by atoms with E-state index in [9.17, 15) is 14.7 Å². The van der Waals surface area contributed by atoms with Crippen LogP contribution in [0.5, 0.6) is 0 Å². The first-order chi connectivity index (χ1) is 24.6. The van der Waals surface area contributed by atoms with E-state index < -0.39 is 11.1 Å². The molecule has 7 nitrogen and oxygen atoms in total. The van der Waals surface area contributed by atoms with Crippen molar-refractivity contribution in [2.24, 2.45) is 16.8 Å². The van der Waals surface area contributed by atoms with E-state index in [4.69, 9.17) is 4.99 Å². The van der Waals surface area contributed by atoms with Crippen molar-refractivity contribution in [3.05, 3.63) is 68.3 Å². The standard InChI is InChI=1S/C44H60N4O3/c1-6-8-15-26-44(27-16-9-7-2)45-32-23-17-22-28-24-25-31(37(46-44)33(28)32)34-39(49)35(40(34)50)36-41(43(3,4)5)47-48(42(36)51)38(30-20-13-14-21-30)29-18-11-10-12-19-29/h17,22-25,29-30,38,45,47,49H,6-16,18-21,26-27H2,1-5H3/b34-31-. The average Bonchev–Trinajstić information content (AvgIpc) is 3.76. The van der Waals surface area contributed by atoms with E-state index in [0.717, 1.165) is 105 Å². The predicted molar refractivity (Wildman–Crippen MR) is 209 cm³/mol. The minimum absolute atomic E-state index is 0.0757. The van der Waals surface area contributed by atoms with E-state index in [1.807, 2.05) is 16.8 Å². The number of H-pyrrole nitrogens is 1. The number of carbonyl (C=O) groups excluding carboxylic acids is 1. The summed E-state index contributed by atoms with van der Waals surface area (Å²) in [6.07, 6.45) is 19.2. The molecule has 1 atom stereocenters. The third-order valence-electron chi connectivity index (χ3n) is 12.5. The van der Waals surface area contributed by atoms with Gasteiger partial charge in [-0.3, -0.25) is 19.7 Å². The van der Waals surface area contributed by atoms with Crippen LogP contribution in [0.2, 0.25) is 0 Å². The zero-order valence-corrected chi connectivity index (χ0v) is 31.8. The minimum Gasteiger partial charge on any atom is -0.506 e. The number of Topliss-reactive ketones (excluding diaryl/α,β-unsaturated/α-hetero) is 1. The molecule has 3 aromatic rings. The number of nitrogens with one attached hydrogen (secondary N) is 2. The van der Waals surface area contributed by atoms with Gasteiger partial charge in [0.05, 0.1) is 33.8 Å². The molecule has 0 radical (unpaired) electrons. The molecule has 1 aliphatic heterocycles. The molecule has 51 heavy (non-hydrogen) atoms. The van der Waals surface area contributed by atoms with Crippen LogP contribution in [0, 0.1) is 11.8 Å². The summed E-state index contributed by atoms with van der Waals surface area (Å²) in [6.45, 7) is 10.7. The van der Waals surface area contributed by atoms with Crippen LogP contribution in [0.25, 0.3) is 21.9 Å². The number of benzene rings is 2. The van der Waals surface area contributed by atoms with Gasteiger partial charge >= 0.3 is 0 Å². The number of nitrogens with zero attached hydrogens (tertiary/aromatic N) is 2. The Kier molecular flexibility index (Phi) is 10.1. The molecule has 0 spiro atoms. The van der Waals surface area contributed by atoms with Crippen LogP contribution < -0.4 is 21.5 Å². The van der Waals surface area contributed by atoms with Gasteiger partial charge in [-0.15, -0.1) is 0 Å². The Morgan fingerprint density at radius 3 is 2.08 bits per heavy atom. The molecule has 0 bridgehead atoms. The Morgan fingerprint density at radius 1 is 0.863 bits per heavy atom. The summed E-state index contributed by atoms with van der Waals surface area (Å²) in [5.74, 6) is 0.566. The van der Waals surface area contributed by atoms with Crippen LogP contribution in [0.1, 0.15) is 161 Å². The number of allylic oxidation sites excluding steroid dienone is 2. The van der Waals surface area contributed by atoms with Crippen molar-refractivity contribution in [1.82, 2.24) is 9.78 Å². The molecule has 1 aromatic heterocycles. The first kappa shape index (κ1) is 35.8. The van der Waals surface area contributed by atoms with Crippen molar-refractivity contribution in [2.75, 3.05) is 5.32 Å². The lowest BCUT2D eigenvalue weighted by Crippen LogP contribution is -2.46. The highest BCUT2D eigenvalue weighted by Crippen LogP contribution is 2.45. The molecule has 3 N–H and O–H groups in total. The van der Waals surface area contributed by atoms with Crippen LogP contribution in [-0.4, -0.2) is 26.3 Å². The molecule has 2 saturated carbocycles. The quantitative estimate of drug-likeness (QED) is 0.165. The normalized spacial score (nSPS) is 21.2. The summed E-state index contributed by atoms with van der Waals surface area (Å²) in [4.78, 5) is 34.8. The number of aliphatic hydroxyl groups is 1. The van der Waals surface area contributed by atoms with Gasteiger partial charge in [-0.1, -0.05) is 117 Å². The van der Waals surface area contributed by atoms with Crippen molar-refractivity contribution in [3.8, 4) is 0 Å². The number of hydrogen-bond acceptors (Lipinski definition) is 5. The Balaban J connectivity index is 1.41. The van der Waals surface area contributed by atoms with Crippen LogP contribution in [0.15, 0.2) is 45.9 Å². The summed E-state index contributed by atoms with van der Waals surface area (Å²) in [7, 11) is 0. The zero-order valence-electron chi connectivity index (χ0n) is 31.8. The van der Waals surface area contributed by atoms with Crippen molar-refractivity contribution < 1.29 is 9.90 Å². The van der Waals surface area contributed by atoms with Gasteiger partial charge in [-0.25, -0.2) is 4.68 Å². The smallest absolute Gasteiger partial charge is 0.275 e. The Morgan fingerprint density at radius 2 is 1.49 bits per heavy atom. The van der Waals surface area contributed by atoms with E-state index in [1.165, 1.54) is 32.1 Å². The van der Waals surface area contributed by atoms with Gasteiger partial charge in [-0.05, 0) is 74.7 Å². The number of carbonyl (C=O) groups is 1. The molecule has 0 amide bonds. The number of aliphatic hydroxyl groups excluding tert-OH is 1. The van der Waals surface area contributed by atoms with Crippen molar-refractivity contribution >= 4 is 33.4 Å². The molecule has 7 heteroatoms. The second kappa shape index (κ2) is 14.4. The summed E-state index contributed by atoms with van der Waals surface area (Å²) < 4.78 is 1.90. The Labute approximate surface area is 303 Å². The second-order valence-corrected chi connectivity index (χ2v) is 17.2. The maximum absolute atomic E-state index is 14.7. The molecule has 2 heterocycles. The summed E-state index contributed by atoms with van der Waals surface area (Å²) in [5.41, 5.74) is 1.51. The molecule has 0 saturated heterocycles.